The summed E-state index contributed by atoms with van der Waals surface area (Å²) >= 11 is 8.72. The molecule has 0 amide bonds. The minimum atomic E-state index is -0.982. The molecule has 0 bridgehead atoms. The third-order valence-electron chi connectivity index (χ3n) is 1.57. The van der Waals surface area contributed by atoms with Gasteiger partial charge in [0.05, 0.1) is 0 Å². The SMILES string of the molecule is O=C(O)C(NBr)c1ccccc1Cl. The molecule has 5 heteroatoms. The van der Waals surface area contributed by atoms with Crippen LogP contribution >= 0.6 is 27.7 Å². The number of hydrogen-bond acceptors (Lipinski definition) is 2. The van der Waals surface area contributed by atoms with Gasteiger partial charge in [0, 0.05) is 21.2 Å². The lowest BCUT2D eigenvalue weighted by Gasteiger charge is -2.11. The molecule has 0 aliphatic carbocycles. The van der Waals surface area contributed by atoms with Crippen LogP contribution in [-0.2, 0) is 4.79 Å². The summed E-state index contributed by atoms with van der Waals surface area (Å²) in [4.78, 5) is 10.7. The molecule has 0 heterocycles. The van der Waals surface area contributed by atoms with Gasteiger partial charge >= 0.3 is 5.97 Å². The Kier molecular flexibility index (Phi) is 3.71. The Morgan fingerprint density at radius 3 is 2.62 bits per heavy atom. The topological polar surface area (TPSA) is 49.3 Å². The summed E-state index contributed by atoms with van der Waals surface area (Å²) in [6, 6.07) is 5.97. The van der Waals surface area contributed by atoms with Gasteiger partial charge in [-0.25, -0.2) is 4.34 Å². The van der Waals surface area contributed by atoms with Crippen molar-refractivity contribution in [2.75, 3.05) is 0 Å². The minimum Gasteiger partial charge on any atom is -0.480 e. The molecule has 1 rings (SSSR count). The van der Waals surface area contributed by atoms with Crippen molar-refractivity contribution in [2.45, 2.75) is 6.04 Å². The molecular weight excluding hydrogens is 257 g/mol. The van der Waals surface area contributed by atoms with Gasteiger partial charge in [-0.15, -0.1) is 0 Å². The standard InChI is InChI=1S/C8H7BrClNO2/c9-11-7(8(12)13)5-3-1-2-4-6(5)10/h1-4,7,11H,(H,12,13). The van der Waals surface area contributed by atoms with Gasteiger partial charge < -0.3 is 5.11 Å². The van der Waals surface area contributed by atoms with Gasteiger partial charge in [0.1, 0.15) is 6.04 Å². The van der Waals surface area contributed by atoms with Crippen LogP contribution in [0.2, 0.25) is 5.02 Å². The van der Waals surface area contributed by atoms with Crippen LogP contribution in [-0.4, -0.2) is 11.1 Å². The van der Waals surface area contributed by atoms with Gasteiger partial charge in [0.2, 0.25) is 0 Å². The number of halogens is 2. The predicted octanol–water partition coefficient (Wildman–Crippen LogP) is 2.37. The molecule has 1 aromatic carbocycles. The molecule has 0 saturated carbocycles. The Morgan fingerprint density at radius 2 is 2.15 bits per heavy atom. The van der Waals surface area contributed by atoms with Crippen LogP contribution in [0.3, 0.4) is 0 Å². The zero-order valence-electron chi connectivity index (χ0n) is 6.50. The first-order valence-electron chi connectivity index (χ1n) is 3.50. The van der Waals surface area contributed by atoms with E-state index in [-0.39, 0.29) is 0 Å². The molecular formula is C8H7BrClNO2. The molecule has 0 fully saturated rings. The van der Waals surface area contributed by atoms with E-state index in [1.54, 1.807) is 24.3 Å². The first-order chi connectivity index (χ1) is 6.16. The van der Waals surface area contributed by atoms with E-state index in [1.807, 2.05) is 0 Å². The van der Waals surface area contributed by atoms with Gasteiger partial charge in [0.15, 0.2) is 0 Å². The zero-order chi connectivity index (χ0) is 9.84. The smallest absolute Gasteiger partial charge is 0.326 e. The molecule has 0 radical (unpaired) electrons. The van der Waals surface area contributed by atoms with E-state index in [0.717, 1.165) is 0 Å². The van der Waals surface area contributed by atoms with E-state index in [0.29, 0.717) is 10.6 Å². The van der Waals surface area contributed by atoms with Crippen molar-refractivity contribution < 1.29 is 9.90 Å². The minimum absolute atomic E-state index is 0.432. The number of nitrogens with one attached hydrogen (secondary N) is 1. The number of aliphatic carboxylic acids is 1. The molecule has 0 saturated heterocycles. The third kappa shape index (κ3) is 2.43. The summed E-state index contributed by atoms with van der Waals surface area (Å²) in [5.41, 5.74) is 0.536. The maximum absolute atomic E-state index is 10.7. The second-order valence-corrected chi connectivity index (χ2v) is 3.27. The normalized spacial score (nSPS) is 12.5. The summed E-state index contributed by atoms with van der Waals surface area (Å²) in [6.07, 6.45) is 0. The largest absolute Gasteiger partial charge is 0.480 e. The summed E-state index contributed by atoms with van der Waals surface area (Å²) < 4.78 is 2.49. The van der Waals surface area contributed by atoms with E-state index < -0.39 is 12.0 Å². The number of carboxylic acids is 1. The van der Waals surface area contributed by atoms with Crippen molar-refractivity contribution in [3.63, 3.8) is 0 Å². The predicted molar refractivity (Wildman–Crippen MR) is 53.9 cm³/mol. The first-order valence-corrected chi connectivity index (χ1v) is 4.67. The lowest BCUT2D eigenvalue weighted by atomic mass is 10.1. The van der Waals surface area contributed by atoms with E-state index in [9.17, 15) is 4.79 Å². The highest BCUT2D eigenvalue weighted by molar-refractivity contribution is 9.08. The lowest BCUT2D eigenvalue weighted by Crippen LogP contribution is -2.21. The fourth-order valence-corrected chi connectivity index (χ4v) is 1.63. The fraction of sp³-hybridized carbons (Fsp3) is 0.125. The Labute approximate surface area is 89.0 Å². The summed E-state index contributed by atoms with van der Waals surface area (Å²) in [5, 5.41) is 9.23. The summed E-state index contributed by atoms with van der Waals surface area (Å²) in [5.74, 6) is -0.982. The van der Waals surface area contributed by atoms with Crippen LogP contribution in [0.15, 0.2) is 24.3 Å². The fourth-order valence-electron chi connectivity index (χ4n) is 0.948. The lowest BCUT2D eigenvalue weighted by molar-refractivity contribution is -0.139. The van der Waals surface area contributed by atoms with Crippen LogP contribution in [0, 0.1) is 0 Å². The van der Waals surface area contributed by atoms with Crippen molar-refractivity contribution in [1.29, 1.82) is 0 Å². The van der Waals surface area contributed by atoms with E-state index in [4.69, 9.17) is 16.7 Å². The average Bonchev–Trinajstić information content (AvgIpc) is 2.09. The Balaban J connectivity index is 3.04. The van der Waals surface area contributed by atoms with Gasteiger partial charge in [-0.1, -0.05) is 29.8 Å². The summed E-state index contributed by atoms with van der Waals surface area (Å²) in [6.45, 7) is 0. The van der Waals surface area contributed by atoms with E-state index in [1.165, 1.54) is 0 Å². The maximum Gasteiger partial charge on any atom is 0.326 e. The highest BCUT2D eigenvalue weighted by Gasteiger charge is 2.20. The molecule has 3 nitrogen and oxygen atoms in total. The number of hydrogen-bond donors (Lipinski definition) is 2. The molecule has 70 valence electrons. The van der Waals surface area contributed by atoms with Gasteiger partial charge in [-0.2, -0.15) is 0 Å². The quantitative estimate of drug-likeness (QED) is 0.824. The molecule has 13 heavy (non-hydrogen) atoms. The molecule has 1 atom stereocenters. The van der Waals surface area contributed by atoms with E-state index >= 15 is 0 Å². The zero-order valence-corrected chi connectivity index (χ0v) is 8.84. The Hall–Kier alpha value is -0.580. The van der Waals surface area contributed by atoms with Crippen LogP contribution in [0.5, 0.6) is 0 Å². The second-order valence-electron chi connectivity index (χ2n) is 2.40. The van der Waals surface area contributed by atoms with Crippen LogP contribution in [0.1, 0.15) is 11.6 Å². The van der Waals surface area contributed by atoms with E-state index in [2.05, 4.69) is 20.5 Å². The van der Waals surface area contributed by atoms with Crippen molar-refractivity contribution in [1.82, 2.24) is 4.34 Å². The second kappa shape index (κ2) is 4.60. The molecule has 2 N–H and O–H groups in total. The number of rotatable bonds is 3. The van der Waals surface area contributed by atoms with Crippen molar-refractivity contribution in [3.05, 3.63) is 34.9 Å². The molecule has 0 aromatic heterocycles. The third-order valence-corrected chi connectivity index (χ3v) is 2.37. The molecule has 0 aliphatic heterocycles. The number of benzene rings is 1. The first kappa shape index (κ1) is 10.5. The van der Waals surface area contributed by atoms with Gasteiger partial charge in [-0.3, -0.25) is 4.79 Å². The van der Waals surface area contributed by atoms with Crippen LogP contribution < -0.4 is 4.34 Å². The van der Waals surface area contributed by atoms with Crippen molar-refractivity contribution in [3.8, 4) is 0 Å². The molecule has 1 aromatic rings. The highest BCUT2D eigenvalue weighted by Crippen LogP contribution is 2.23. The van der Waals surface area contributed by atoms with Crippen LogP contribution in [0.4, 0.5) is 0 Å². The highest BCUT2D eigenvalue weighted by atomic mass is 79.9. The monoisotopic (exact) mass is 263 g/mol. The number of carbonyl (C=O) groups is 1. The molecule has 1 unspecified atom stereocenters. The van der Waals surface area contributed by atoms with Gasteiger partial charge in [-0.05, 0) is 11.6 Å². The molecule has 0 spiro atoms. The van der Waals surface area contributed by atoms with Crippen LogP contribution in [0.25, 0.3) is 0 Å². The van der Waals surface area contributed by atoms with Gasteiger partial charge in [0.25, 0.3) is 0 Å². The molecule has 0 aliphatic rings. The summed E-state index contributed by atoms with van der Waals surface area (Å²) in [7, 11) is 0. The Morgan fingerprint density at radius 1 is 1.54 bits per heavy atom. The average molecular weight is 265 g/mol. The Bertz CT molecular complexity index is 319. The van der Waals surface area contributed by atoms with Crippen molar-refractivity contribution >= 4 is 33.7 Å². The van der Waals surface area contributed by atoms with Crippen molar-refractivity contribution in [2.24, 2.45) is 0 Å². The number of carboxylic acid groups (broad SMARTS) is 1. The maximum atomic E-state index is 10.7.